The molecular formula is C22H28ClN3O3. The van der Waals surface area contributed by atoms with Crippen molar-refractivity contribution in [2.75, 3.05) is 26.2 Å². The molecule has 3 heterocycles. The van der Waals surface area contributed by atoms with Crippen LogP contribution in [-0.2, 0) is 9.53 Å². The van der Waals surface area contributed by atoms with Crippen molar-refractivity contribution in [3.05, 3.63) is 35.0 Å². The highest BCUT2D eigenvalue weighted by Gasteiger charge is 2.31. The fourth-order valence-electron chi connectivity index (χ4n) is 4.39. The van der Waals surface area contributed by atoms with Crippen molar-refractivity contribution >= 4 is 34.3 Å². The monoisotopic (exact) mass is 417 g/mol. The van der Waals surface area contributed by atoms with E-state index >= 15 is 0 Å². The Bertz CT molecular complexity index is 883. The van der Waals surface area contributed by atoms with Gasteiger partial charge in [0.25, 0.3) is 5.91 Å². The van der Waals surface area contributed by atoms with Crippen LogP contribution in [-0.4, -0.2) is 54.0 Å². The van der Waals surface area contributed by atoms with Gasteiger partial charge in [0, 0.05) is 48.1 Å². The molecule has 6 nitrogen and oxygen atoms in total. The second kappa shape index (κ2) is 8.76. The molecule has 2 fully saturated rings. The number of aromatic nitrogens is 1. The topological polar surface area (TPSA) is 74.4 Å². The lowest BCUT2D eigenvalue weighted by atomic mass is 9.84. The van der Waals surface area contributed by atoms with Crippen LogP contribution in [0.3, 0.4) is 0 Å². The number of amides is 2. The maximum atomic E-state index is 12.9. The molecule has 2 aromatic rings. The number of hydrogen-bond donors (Lipinski definition) is 2. The first-order chi connectivity index (χ1) is 14.0. The van der Waals surface area contributed by atoms with Crippen molar-refractivity contribution in [2.24, 2.45) is 11.8 Å². The predicted molar refractivity (Wildman–Crippen MR) is 113 cm³/mol. The number of piperidine rings is 1. The molecule has 0 aliphatic carbocycles. The van der Waals surface area contributed by atoms with Crippen LogP contribution < -0.4 is 5.32 Å². The summed E-state index contributed by atoms with van der Waals surface area (Å²) in [5.74, 6) is 0.345. The van der Waals surface area contributed by atoms with Gasteiger partial charge in [0.1, 0.15) is 5.69 Å². The molecule has 1 aromatic heterocycles. The number of aromatic amines is 1. The molecule has 0 saturated carbocycles. The first-order valence-electron chi connectivity index (χ1n) is 10.5. The first-order valence-corrected chi connectivity index (χ1v) is 10.9. The summed E-state index contributed by atoms with van der Waals surface area (Å²) >= 11 is 6.04. The van der Waals surface area contributed by atoms with E-state index in [9.17, 15) is 9.59 Å². The SMILES string of the molecule is CC(C(=O)NCC1CCCO1)C1CCN(C(=O)c2cc3cc(Cl)ccc3[nH]2)CC1. The molecule has 156 valence electrons. The van der Waals surface area contributed by atoms with Crippen LogP contribution in [0.1, 0.15) is 43.1 Å². The normalized spacial score (nSPS) is 21.4. The Morgan fingerprint density at radius 2 is 2.07 bits per heavy atom. The third-order valence-corrected chi connectivity index (χ3v) is 6.52. The van der Waals surface area contributed by atoms with Crippen LogP contribution in [0.15, 0.2) is 24.3 Å². The van der Waals surface area contributed by atoms with Crippen molar-refractivity contribution in [3.63, 3.8) is 0 Å². The number of H-pyrrole nitrogens is 1. The molecule has 2 amide bonds. The van der Waals surface area contributed by atoms with Gasteiger partial charge in [-0.25, -0.2) is 0 Å². The highest BCUT2D eigenvalue weighted by molar-refractivity contribution is 6.31. The molecule has 2 unspecified atom stereocenters. The number of rotatable bonds is 5. The van der Waals surface area contributed by atoms with E-state index in [4.69, 9.17) is 16.3 Å². The summed E-state index contributed by atoms with van der Waals surface area (Å²) in [6, 6.07) is 7.41. The number of nitrogens with one attached hydrogen (secondary N) is 2. The van der Waals surface area contributed by atoms with Crippen molar-refractivity contribution in [1.82, 2.24) is 15.2 Å². The third-order valence-electron chi connectivity index (χ3n) is 6.29. The zero-order valence-electron chi connectivity index (χ0n) is 16.7. The molecule has 2 atom stereocenters. The molecule has 1 aromatic carbocycles. The van der Waals surface area contributed by atoms with E-state index in [0.717, 1.165) is 43.2 Å². The van der Waals surface area contributed by atoms with E-state index in [1.807, 2.05) is 36.1 Å². The van der Waals surface area contributed by atoms with Gasteiger partial charge in [0.15, 0.2) is 0 Å². The minimum absolute atomic E-state index is 0.00580. The maximum Gasteiger partial charge on any atom is 0.270 e. The quantitative estimate of drug-likeness (QED) is 0.780. The number of benzene rings is 1. The van der Waals surface area contributed by atoms with Gasteiger partial charge in [0.2, 0.25) is 5.91 Å². The van der Waals surface area contributed by atoms with Gasteiger partial charge in [-0.2, -0.15) is 0 Å². The van der Waals surface area contributed by atoms with E-state index in [0.29, 0.717) is 36.3 Å². The van der Waals surface area contributed by atoms with Gasteiger partial charge in [-0.1, -0.05) is 18.5 Å². The van der Waals surface area contributed by atoms with Gasteiger partial charge < -0.3 is 19.9 Å². The number of halogens is 1. The van der Waals surface area contributed by atoms with Gasteiger partial charge in [0.05, 0.1) is 6.10 Å². The van der Waals surface area contributed by atoms with E-state index in [2.05, 4.69) is 10.3 Å². The number of carbonyl (C=O) groups excluding carboxylic acids is 2. The van der Waals surface area contributed by atoms with Crippen LogP contribution in [0.2, 0.25) is 5.02 Å². The average molecular weight is 418 g/mol. The molecule has 29 heavy (non-hydrogen) atoms. The molecule has 4 rings (SSSR count). The molecule has 2 aliphatic heterocycles. The Labute approximate surface area is 175 Å². The molecular weight excluding hydrogens is 390 g/mol. The third kappa shape index (κ3) is 4.59. The molecule has 7 heteroatoms. The van der Waals surface area contributed by atoms with E-state index in [1.54, 1.807) is 0 Å². The van der Waals surface area contributed by atoms with Crippen LogP contribution >= 0.6 is 11.6 Å². The molecule has 0 spiro atoms. The van der Waals surface area contributed by atoms with Gasteiger partial charge in [-0.3, -0.25) is 9.59 Å². The molecule has 2 aliphatic rings. The summed E-state index contributed by atoms with van der Waals surface area (Å²) < 4.78 is 5.57. The summed E-state index contributed by atoms with van der Waals surface area (Å²) in [7, 11) is 0. The van der Waals surface area contributed by atoms with Crippen LogP contribution in [0, 0.1) is 11.8 Å². The van der Waals surface area contributed by atoms with Gasteiger partial charge in [-0.15, -0.1) is 0 Å². The van der Waals surface area contributed by atoms with Crippen molar-refractivity contribution in [2.45, 2.75) is 38.7 Å². The standard InChI is InChI=1S/C22H28ClN3O3/c1-14(21(27)24-13-18-3-2-10-29-18)15-6-8-26(9-7-15)22(28)20-12-16-11-17(23)4-5-19(16)25-20/h4-5,11-12,14-15,18,25H,2-3,6-10,13H2,1H3,(H,24,27). The minimum atomic E-state index is -0.0520. The summed E-state index contributed by atoms with van der Waals surface area (Å²) in [6.07, 6.45) is 3.94. The molecule has 0 bridgehead atoms. The molecule has 2 N–H and O–H groups in total. The van der Waals surface area contributed by atoms with Crippen molar-refractivity contribution < 1.29 is 14.3 Å². The number of ether oxygens (including phenoxy) is 1. The number of likely N-dealkylation sites (tertiary alicyclic amines) is 1. The molecule has 2 saturated heterocycles. The fraction of sp³-hybridized carbons (Fsp3) is 0.545. The maximum absolute atomic E-state index is 12.9. The lowest BCUT2D eigenvalue weighted by Crippen LogP contribution is -2.43. The summed E-state index contributed by atoms with van der Waals surface area (Å²) in [5, 5.41) is 4.63. The summed E-state index contributed by atoms with van der Waals surface area (Å²) in [5.41, 5.74) is 1.49. The van der Waals surface area contributed by atoms with E-state index < -0.39 is 0 Å². The van der Waals surface area contributed by atoms with Crippen LogP contribution in [0.25, 0.3) is 10.9 Å². The number of nitrogens with zero attached hydrogens (tertiary/aromatic N) is 1. The summed E-state index contributed by atoms with van der Waals surface area (Å²) in [6.45, 7) is 4.73. The van der Waals surface area contributed by atoms with Crippen molar-refractivity contribution in [3.8, 4) is 0 Å². The Balaban J connectivity index is 1.29. The minimum Gasteiger partial charge on any atom is -0.376 e. The zero-order chi connectivity index (χ0) is 20.4. The first kappa shape index (κ1) is 20.2. The largest absolute Gasteiger partial charge is 0.376 e. The van der Waals surface area contributed by atoms with Gasteiger partial charge >= 0.3 is 0 Å². The van der Waals surface area contributed by atoms with Crippen molar-refractivity contribution in [1.29, 1.82) is 0 Å². The zero-order valence-corrected chi connectivity index (χ0v) is 17.5. The Hall–Kier alpha value is -2.05. The smallest absolute Gasteiger partial charge is 0.270 e. The predicted octanol–water partition coefficient (Wildman–Crippen LogP) is 3.60. The van der Waals surface area contributed by atoms with Crippen LogP contribution in [0.5, 0.6) is 0 Å². The summed E-state index contributed by atoms with van der Waals surface area (Å²) in [4.78, 5) is 30.4. The highest BCUT2D eigenvalue weighted by Crippen LogP contribution is 2.27. The van der Waals surface area contributed by atoms with Gasteiger partial charge in [-0.05, 0) is 55.9 Å². The highest BCUT2D eigenvalue weighted by atomic mass is 35.5. The Morgan fingerprint density at radius 3 is 2.79 bits per heavy atom. The van der Waals surface area contributed by atoms with E-state index in [1.165, 1.54) is 0 Å². The van der Waals surface area contributed by atoms with Crippen LogP contribution in [0.4, 0.5) is 0 Å². The lowest BCUT2D eigenvalue weighted by Gasteiger charge is -2.34. The number of hydrogen-bond acceptors (Lipinski definition) is 3. The lowest BCUT2D eigenvalue weighted by molar-refractivity contribution is -0.127. The number of carbonyl (C=O) groups is 2. The van der Waals surface area contributed by atoms with E-state index in [-0.39, 0.29) is 23.8 Å². The molecule has 0 radical (unpaired) electrons. The second-order valence-electron chi connectivity index (χ2n) is 8.21. The average Bonchev–Trinajstić information content (AvgIpc) is 3.40. The Morgan fingerprint density at radius 1 is 1.28 bits per heavy atom. The Kier molecular flexibility index (Phi) is 6.11. The number of fused-ring (bicyclic) bond motifs is 1. The second-order valence-corrected chi connectivity index (χ2v) is 8.65. The fourth-order valence-corrected chi connectivity index (χ4v) is 4.57.